The highest BCUT2D eigenvalue weighted by atomic mass is 35.5. The number of carbonyl (C=O) groups is 2. The summed E-state index contributed by atoms with van der Waals surface area (Å²) in [5, 5.41) is 10.6. The molecule has 2 amide bonds. The number of sulfonamides is 1. The lowest BCUT2D eigenvalue weighted by Crippen LogP contribution is -2.48. The van der Waals surface area contributed by atoms with Crippen LogP contribution < -0.4 is 9.46 Å². The van der Waals surface area contributed by atoms with Crippen molar-refractivity contribution >= 4 is 39.1 Å². The fourth-order valence-electron chi connectivity index (χ4n) is 5.34. The van der Waals surface area contributed by atoms with Crippen LogP contribution in [0, 0.1) is 5.92 Å². The van der Waals surface area contributed by atoms with E-state index < -0.39 is 28.1 Å². The van der Waals surface area contributed by atoms with Gasteiger partial charge in [0.2, 0.25) is 0 Å². The molecule has 0 radical (unpaired) electrons. The van der Waals surface area contributed by atoms with E-state index in [0.29, 0.717) is 29.4 Å². The molecular weight excluding hydrogens is 644 g/mol. The van der Waals surface area contributed by atoms with E-state index in [4.69, 9.17) is 21.1 Å². The number of ether oxygens (including phenoxy) is 2. The zero-order valence-electron chi connectivity index (χ0n) is 27.1. The smallest absolute Gasteiger partial charge is 0.261 e. The monoisotopic (exact) mass is 686 g/mol. The van der Waals surface area contributed by atoms with Crippen LogP contribution in [-0.4, -0.2) is 91.7 Å². The topological polar surface area (TPSA) is 138 Å². The van der Waals surface area contributed by atoms with Crippen LogP contribution in [0.4, 0.5) is 5.69 Å². The first-order valence-electron chi connectivity index (χ1n) is 15.7. The summed E-state index contributed by atoms with van der Waals surface area (Å²) in [6.07, 6.45) is 4.75. The van der Waals surface area contributed by atoms with Crippen molar-refractivity contribution in [2.45, 2.75) is 63.2 Å². The molecule has 2 aromatic carbocycles. The van der Waals surface area contributed by atoms with Gasteiger partial charge in [0, 0.05) is 61.3 Å². The predicted molar refractivity (Wildman–Crippen MR) is 180 cm³/mol. The van der Waals surface area contributed by atoms with Gasteiger partial charge in [-0.25, -0.2) is 8.42 Å². The third-order valence-corrected chi connectivity index (χ3v) is 9.80. The average molecular weight is 687 g/mol. The number of amides is 2. The summed E-state index contributed by atoms with van der Waals surface area (Å²) < 4.78 is 41.5. The van der Waals surface area contributed by atoms with E-state index in [0.717, 1.165) is 12.8 Å². The Kier molecular flexibility index (Phi) is 12.6. The van der Waals surface area contributed by atoms with Crippen LogP contribution in [0.1, 0.15) is 60.7 Å². The van der Waals surface area contributed by atoms with Crippen molar-refractivity contribution in [1.82, 2.24) is 14.8 Å². The number of halogens is 1. The maximum absolute atomic E-state index is 14.3. The molecule has 0 aliphatic carbocycles. The molecule has 47 heavy (non-hydrogen) atoms. The number of aliphatic hydroxyl groups is 1. The van der Waals surface area contributed by atoms with Gasteiger partial charge in [-0.1, -0.05) is 18.5 Å². The third kappa shape index (κ3) is 9.66. The van der Waals surface area contributed by atoms with Crippen LogP contribution in [0.2, 0.25) is 5.02 Å². The number of pyridine rings is 1. The number of aromatic nitrogens is 1. The standard InChI is InChI=1S/C34H43ClN4O7S/c1-23-20-39(24(2)22-40)34(42)30-19-28(37-47(43,44)29-11-8-27(35)9-12-29)10-13-31(30)46-25(3)7-5-6-18-45-32(23)21-38(4)33(41)26-14-16-36-17-15-26/h8-17,19,23-25,32,37,40H,5-7,18,20-22H2,1-4H3/t23-,24-,25+,32-/m1/s1. The number of hydrogen-bond acceptors (Lipinski definition) is 8. The van der Waals surface area contributed by atoms with Gasteiger partial charge in [-0.2, -0.15) is 0 Å². The van der Waals surface area contributed by atoms with Gasteiger partial charge in [-0.15, -0.1) is 0 Å². The molecule has 4 rings (SSSR count). The Balaban J connectivity index is 1.66. The minimum absolute atomic E-state index is 0.0148. The Bertz CT molecular complexity index is 1610. The second kappa shape index (κ2) is 16.4. The first-order chi connectivity index (χ1) is 22.4. The van der Waals surface area contributed by atoms with Crippen molar-refractivity contribution in [2.24, 2.45) is 5.92 Å². The van der Waals surface area contributed by atoms with Crippen molar-refractivity contribution in [3.05, 3.63) is 83.1 Å². The van der Waals surface area contributed by atoms with Crippen LogP contribution >= 0.6 is 11.6 Å². The minimum atomic E-state index is -3.99. The first kappa shape index (κ1) is 36.1. The van der Waals surface area contributed by atoms with Crippen LogP contribution in [-0.2, 0) is 14.8 Å². The maximum atomic E-state index is 14.3. The van der Waals surface area contributed by atoms with Crippen LogP contribution in [0.5, 0.6) is 5.75 Å². The molecule has 1 aliphatic heterocycles. The molecular formula is C34H43ClN4O7S. The summed E-state index contributed by atoms with van der Waals surface area (Å²) in [5.74, 6) is -0.552. The van der Waals surface area contributed by atoms with E-state index >= 15 is 0 Å². The van der Waals surface area contributed by atoms with Gasteiger partial charge in [0.1, 0.15) is 5.75 Å². The first-order valence-corrected chi connectivity index (χ1v) is 17.5. The maximum Gasteiger partial charge on any atom is 0.261 e. The highest BCUT2D eigenvalue weighted by Gasteiger charge is 2.31. The molecule has 3 aromatic rings. The van der Waals surface area contributed by atoms with Gasteiger partial charge in [0.25, 0.3) is 21.8 Å². The largest absolute Gasteiger partial charge is 0.490 e. The molecule has 0 spiro atoms. The highest BCUT2D eigenvalue weighted by molar-refractivity contribution is 7.92. The molecule has 2 heterocycles. The van der Waals surface area contributed by atoms with E-state index in [1.165, 1.54) is 30.3 Å². The molecule has 0 bridgehead atoms. The zero-order chi connectivity index (χ0) is 34.1. The normalized spacial score (nSPS) is 20.3. The lowest BCUT2D eigenvalue weighted by Gasteiger charge is -2.36. The van der Waals surface area contributed by atoms with Gasteiger partial charge in [0.15, 0.2) is 0 Å². The van der Waals surface area contributed by atoms with Crippen LogP contribution in [0.15, 0.2) is 71.9 Å². The number of aliphatic hydroxyl groups excluding tert-OH is 1. The van der Waals surface area contributed by atoms with Crippen LogP contribution in [0.25, 0.3) is 0 Å². The zero-order valence-corrected chi connectivity index (χ0v) is 28.7. The fraction of sp³-hybridized carbons (Fsp3) is 0.441. The van der Waals surface area contributed by atoms with Gasteiger partial charge in [-0.3, -0.25) is 19.3 Å². The summed E-state index contributed by atoms with van der Waals surface area (Å²) in [6.45, 7) is 6.23. The van der Waals surface area contributed by atoms with Crippen molar-refractivity contribution in [3.8, 4) is 5.75 Å². The number of carbonyl (C=O) groups excluding carboxylic acids is 2. The molecule has 0 fully saturated rings. The van der Waals surface area contributed by atoms with Crippen molar-refractivity contribution < 1.29 is 32.6 Å². The molecule has 0 saturated heterocycles. The summed E-state index contributed by atoms with van der Waals surface area (Å²) in [7, 11) is -2.28. The second-order valence-corrected chi connectivity index (χ2v) is 14.1. The fourth-order valence-corrected chi connectivity index (χ4v) is 6.52. The minimum Gasteiger partial charge on any atom is -0.490 e. The molecule has 0 unspecified atom stereocenters. The van der Waals surface area contributed by atoms with Crippen molar-refractivity contribution in [2.75, 3.05) is 38.1 Å². The van der Waals surface area contributed by atoms with E-state index in [2.05, 4.69) is 9.71 Å². The summed E-state index contributed by atoms with van der Waals surface area (Å²) in [6, 6.07) is 13.1. The number of fused-ring (bicyclic) bond motifs is 1. The van der Waals surface area contributed by atoms with E-state index in [-0.39, 0.29) is 53.8 Å². The third-order valence-electron chi connectivity index (χ3n) is 8.16. The Morgan fingerprint density at radius 1 is 1.13 bits per heavy atom. The summed E-state index contributed by atoms with van der Waals surface area (Å²) >= 11 is 5.94. The van der Waals surface area contributed by atoms with Gasteiger partial charge < -0.3 is 24.4 Å². The SMILES string of the molecule is C[C@@H]1CN([C@H](C)CO)C(=O)c2cc(NS(=O)(=O)c3ccc(Cl)cc3)ccc2O[C@@H](C)CCCCO[C@@H]1CN(C)C(=O)c1ccncc1. The van der Waals surface area contributed by atoms with Crippen molar-refractivity contribution in [1.29, 1.82) is 0 Å². The Morgan fingerprint density at radius 3 is 2.51 bits per heavy atom. The molecule has 2 N–H and O–H groups in total. The number of benzene rings is 2. The molecule has 1 aromatic heterocycles. The van der Waals surface area contributed by atoms with Gasteiger partial charge in [-0.05, 0) is 87.7 Å². The molecule has 4 atom stereocenters. The van der Waals surface area contributed by atoms with E-state index in [1.54, 1.807) is 60.4 Å². The average Bonchev–Trinajstić information content (AvgIpc) is 3.06. The quantitative estimate of drug-likeness (QED) is 0.334. The molecule has 1 aliphatic rings. The van der Waals surface area contributed by atoms with Crippen molar-refractivity contribution in [3.63, 3.8) is 0 Å². The molecule has 0 saturated carbocycles. The van der Waals surface area contributed by atoms with E-state index in [9.17, 15) is 23.1 Å². The Morgan fingerprint density at radius 2 is 1.83 bits per heavy atom. The highest BCUT2D eigenvalue weighted by Crippen LogP contribution is 2.30. The van der Waals surface area contributed by atoms with Crippen LogP contribution in [0.3, 0.4) is 0 Å². The number of rotatable bonds is 8. The molecule has 13 heteroatoms. The molecule has 11 nitrogen and oxygen atoms in total. The van der Waals surface area contributed by atoms with Gasteiger partial charge in [0.05, 0.1) is 35.3 Å². The molecule has 254 valence electrons. The van der Waals surface area contributed by atoms with E-state index in [1.807, 2.05) is 13.8 Å². The second-order valence-electron chi connectivity index (χ2n) is 12.0. The summed E-state index contributed by atoms with van der Waals surface area (Å²) in [5.41, 5.74) is 0.835. The Labute approximate surface area is 281 Å². The van der Waals surface area contributed by atoms with Gasteiger partial charge >= 0.3 is 0 Å². The number of nitrogens with one attached hydrogen (secondary N) is 1. The Hall–Kier alpha value is -3.71. The lowest BCUT2D eigenvalue weighted by atomic mass is 10.0. The number of nitrogens with zero attached hydrogens (tertiary/aromatic N) is 3. The number of likely N-dealkylation sites (N-methyl/N-ethyl adjacent to an activating group) is 1. The summed E-state index contributed by atoms with van der Waals surface area (Å²) in [4.78, 5) is 34.6. The number of anilines is 1. The number of hydrogen-bond donors (Lipinski definition) is 2. The lowest BCUT2D eigenvalue weighted by molar-refractivity contribution is -0.0149. The predicted octanol–water partition coefficient (Wildman–Crippen LogP) is 5.10.